The number of rotatable bonds is 4. The molecule has 0 spiro atoms. The van der Waals surface area contributed by atoms with Crippen molar-refractivity contribution in [3.05, 3.63) is 35.6 Å². The molecule has 106 valence electrons. The van der Waals surface area contributed by atoms with E-state index in [4.69, 9.17) is 5.84 Å². The maximum Gasteiger partial charge on any atom is 0.145 e. The van der Waals surface area contributed by atoms with Crippen LogP contribution in [-0.2, 0) is 0 Å². The number of hydrazine groups is 1. The van der Waals surface area contributed by atoms with Gasteiger partial charge in [0, 0.05) is 17.7 Å². The van der Waals surface area contributed by atoms with Crippen LogP contribution in [0.5, 0.6) is 0 Å². The van der Waals surface area contributed by atoms with Crippen LogP contribution in [-0.4, -0.2) is 15.0 Å². The number of hydrogen-bond acceptors (Lipinski definition) is 7. The minimum Gasteiger partial charge on any atom is -0.340 e. The summed E-state index contributed by atoms with van der Waals surface area (Å²) in [7, 11) is 0. The van der Waals surface area contributed by atoms with Crippen molar-refractivity contribution in [1.82, 2.24) is 15.0 Å². The maximum absolute atomic E-state index is 5.49. The zero-order chi connectivity index (χ0) is 14.2. The first-order chi connectivity index (χ1) is 10.3. The number of nitrogens with one attached hydrogen (secondary N) is 2. The fourth-order valence-corrected chi connectivity index (χ4v) is 2.93. The lowest BCUT2D eigenvalue weighted by atomic mass is 10.3. The van der Waals surface area contributed by atoms with Gasteiger partial charge in [-0.25, -0.2) is 20.8 Å². The molecule has 0 saturated heterocycles. The molecule has 6 nitrogen and oxygen atoms in total. The van der Waals surface area contributed by atoms with Crippen LogP contribution in [0.1, 0.15) is 24.6 Å². The van der Waals surface area contributed by atoms with Crippen LogP contribution in [0.4, 0.5) is 17.3 Å². The van der Waals surface area contributed by atoms with E-state index >= 15 is 0 Å². The van der Waals surface area contributed by atoms with Gasteiger partial charge < -0.3 is 10.7 Å². The summed E-state index contributed by atoms with van der Waals surface area (Å²) in [5.41, 5.74) is 6.44. The van der Waals surface area contributed by atoms with E-state index in [0.29, 0.717) is 11.7 Å². The summed E-state index contributed by atoms with van der Waals surface area (Å²) < 4.78 is 1.15. The molecule has 4 rings (SSSR count). The summed E-state index contributed by atoms with van der Waals surface area (Å²) in [5.74, 6) is 8.20. The smallest absolute Gasteiger partial charge is 0.145 e. The maximum atomic E-state index is 5.49. The zero-order valence-electron chi connectivity index (χ0n) is 11.2. The summed E-state index contributed by atoms with van der Waals surface area (Å²) in [4.78, 5) is 13.3. The molecule has 1 saturated carbocycles. The molecule has 1 fully saturated rings. The van der Waals surface area contributed by atoms with Gasteiger partial charge in [-0.2, -0.15) is 0 Å². The molecule has 21 heavy (non-hydrogen) atoms. The second-order valence-electron chi connectivity index (χ2n) is 5.08. The molecule has 3 aromatic rings. The standard InChI is InChI=1S/C14H14N6S/c15-20-13-6-12(18-14(19-13)8-1-2-8)17-9-3-4-10-11(5-9)21-7-16-10/h3-8H,1-2,15H2,(H2,17,18,19,20). The van der Waals surface area contributed by atoms with Gasteiger partial charge in [0.15, 0.2) is 0 Å². The summed E-state index contributed by atoms with van der Waals surface area (Å²) in [6.07, 6.45) is 2.31. The van der Waals surface area contributed by atoms with E-state index in [1.807, 2.05) is 23.7 Å². The summed E-state index contributed by atoms with van der Waals surface area (Å²) >= 11 is 1.62. The Morgan fingerprint density at radius 1 is 1.14 bits per heavy atom. The van der Waals surface area contributed by atoms with Crippen molar-refractivity contribution in [2.45, 2.75) is 18.8 Å². The van der Waals surface area contributed by atoms with Gasteiger partial charge in [-0.3, -0.25) is 0 Å². The van der Waals surface area contributed by atoms with Crippen molar-refractivity contribution < 1.29 is 0 Å². The van der Waals surface area contributed by atoms with Gasteiger partial charge in [-0.1, -0.05) is 0 Å². The van der Waals surface area contributed by atoms with E-state index in [1.165, 1.54) is 0 Å². The number of thiazole rings is 1. The third-order valence-electron chi connectivity index (χ3n) is 3.44. The Morgan fingerprint density at radius 2 is 2.00 bits per heavy atom. The molecule has 1 aliphatic rings. The van der Waals surface area contributed by atoms with Crippen LogP contribution in [0.15, 0.2) is 29.8 Å². The molecule has 2 aromatic heterocycles. The molecule has 1 aliphatic carbocycles. The Balaban J connectivity index is 1.67. The second-order valence-corrected chi connectivity index (χ2v) is 5.96. The summed E-state index contributed by atoms with van der Waals surface area (Å²) in [5, 5.41) is 3.32. The van der Waals surface area contributed by atoms with E-state index in [-0.39, 0.29) is 0 Å². The topological polar surface area (TPSA) is 88.8 Å². The quantitative estimate of drug-likeness (QED) is 0.507. The predicted octanol–water partition coefficient (Wildman–Crippen LogP) is 2.99. The Hall–Kier alpha value is -2.25. The van der Waals surface area contributed by atoms with Gasteiger partial charge in [0.25, 0.3) is 0 Å². The lowest BCUT2D eigenvalue weighted by molar-refractivity contribution is 0.929. The van der Waals surface area contributed by atoms with E-state index in [0.717, 1.165) is 40.4 Å². The molecule has 0 bridgehead atoms. The van der Waals surface area contributed by atoms with Crippen molar-refractivity contribution in [1.29, 1.82) is 0 Å². The van der Waals surface area contributed by atoms with Gasteiger partial charge in [0.2, 0.25) is 0 Å². The van der Waals surface area contributed by atoms with Gasteiger partial charge >= 0.3 is 0 Å². The second kappa shape index (κ2) is 4.94. The van der Waals surface area contributed by atoms with Crippen molar-refractivity contribution >= 4 is 38.9 Å². The number of benzene rings is 1. The molecule has 0 aliphatic heterocycles. The largest absolute Gasteiger partial charge is 0.340 e. The molecular weight excluding hydrogens is 284 g/mol. The Bertz CT molecular complexity index is 795. The van der Waals surface area contributed by atoms with Crippen LogP contribution < -0.4 is 16.6 Å². The summed E-state index contributed by atoms with van der Waals surface area (Å²) in [6.45, 7) is 0. The highest BCUT2D eigenvalue weighted by atomic mass is 32.1. The highest BCUT2D eigenvalue weighted by Crippen LogP contribution is 2.39. The predicted molar refractivity (Wildman–Crippen MR) is 84.7 cm³/mol. The van der Waals surface area contributed by atoms with Crippen LogP contribution in [0.3, 0.4) is 0 Å². The number of fused-ring (bicyclic) bond motifs is 1. The van der Waals surface area contributed by atoms with E-state index in [9.17, 15) is 0 Å². The molecule has 0 atom stereocenters. The van der Waals surface area contributed by atoms with Gasteiger partial charge in [-0.15, -0.1) is 11.3 Å². The highest BCUT2D eigenvalue weighted by molar-refractivity contribution is 7.16. The highest BCUT2D eigenvalue weighted by Gasteiger charge is 2.27. The van der Waals surface area contributed by atoms with Gasteiger partial charge in [-0.05, 0) is 31.0 Å². The van der Waals surface area contributed by atoms with Gasteiger partial charge in [0.05, 0.1) is 15.7 Å². The van der Waals surface area contributed by atoms with Crippen molar-refractivity contribution in [2.75, 3.05) is 10.7 Å². The Morgan fingerprint density at radius 3 is 2.81 bits per heavy atom. The Labute approximate surface area is 125 Å². The number of nitrogen functional groups attached to an aromatic ring is 1. The first-order valence-electron chi connectivity index (χ1n) is 6.78. The molecule has 4 N–H and O–H groups in total. The third-order valence-corrected chi connectivity index (χ3v) is 4.23. The molecule has 1 aromatic carbocycles. The molecule has 0 radical (unpaired) electrons. The molecule has 0 unspecified atom stereocenters. The van der Waals surface area contributed by atoms with E-state index in [1.54, 1.807) is 11.3 Å². The van der Waals surface area contributed by atoms with Crippen LogP contribution in [0, 0.1) is 0 Å². The zero-order valence-corrected chi connectivity index (χ0v) is 12.0. The number of aromatic nitrogens is 3. The average Bonchev–Trinajstić information content (AvgIpc) is 3.25. The average molecular weight is 298 g/mol. The van der Waals surface area contributed by atoms with Crippen molar-refractivity contribution in [3.63, 3.8) is 0 Å². The first-order valence-corrected chi connectivity index (χ1v) is 7.65. The van der Waals surface area contributed by atoms with Crippen molar-refractivity contribution in [3.8, 4) is 0 Å². The fourth-order valence-electron chi connectivity index (χ4n) is 2.21. The SMILES string of the molecule is NNc1cc(Nc2ccc3ncsc3c2)nc(C2CC2)n1. The lowest BCUT2D eigenvalue weighted by Crippen LogP contribution is -2.11. The summed E-state index contributed by atoms with van der Waals surface area (Å²) in [6, 6.07) is 7.87. The molecule has 7 heteroatoms. The number of nitrogens with zero attached hydrogens (tertiary/aromatic N) is 3. The number of nitrogens with two attached hydrogens (primary N) is 1. The normalized spacial score (nSPS) is 14.3. The minimum atomic E-state index is 0.475. The lowest BCUT2D eigenvalue weighted by Gasteiger charge is -2.09. The molecule has 2 heterocycles. The van der Waals surface area contributed by atoms with Crippen LogP contribution in [0.25, 0.3) is 10.2 Å². The van der Waals surface area contributed by atoms with E-state index < -0.39 is 0 Å². The van der Waals surface area contributed by atoms with Crippen LogP contribution in [0.2, 0.25) is 0 Å². The Kier molecular flexibility index (Phi) is 2.94. The molecular formula is C14H14N6S. The molecule has 0 amide bonds. The van der Waals surface area contributed by atoms with Crippen LogP contribution >= 0.6 is 11.3 Å². The monoisotopic (exact) mass is 298 g/mol. The van der Waals surface area contributed by atoms with E-state index in [2.05, 4.69) is 31.8 Å². The minimum absolute atomic E-state index is 0.475. The fraction of sp³-hybridized carbons (Fsp3) is 0.214. The number of hydrogen-bond donors (Lipinski definition) is 3. The van der Waals surface area contributed by atoms with Crippen molar-refractivity contribution in [2.24, 2.45) is 5.84 Å². The number of anilines is 3. The third kappa shape index (κ3) is 2.53. The van der Waals surface area contributed by atoms with Gasteiger partial charge in [0.1, 0.15) is 17.5 Å². The first kappa shape index (κ1) is 12.5.